The quantitative estimate of drug-likeness (QED) is 0.687. The van der Waals surface area contributed by atoms with Crippen LogP contribution in [0.1, 0.15) is 19.7 Å². The van der Waals surface area contributed by atoms with E-state index in [0.717, 1.165) is 18.8 Å². The van der Waals surface area contributed by atoms with Gasteiger partial charge in [-0.25, -0.2) is 0 Å². The van der Waals surface area contributed by atoms with Crippen LogP contribution in [0.3, 0.4) is 0 Å². The van der Waals surface area contributed by atoms with E-state index in [4.69, 9.17) is 4.74 Å². The zero-order valence-electron chi connectivity index (χ0n) is 8.53. The molecule has 4 nitrogen and oxygen atoms in total. The molecule has 0 atom stereocenters. The van der Waals surface area contributed by atoms with Crippen LogP contribution in [-0.4, -0.2) is 28.5 Å². The van der Waals surface area contributed by atoms with Gasteiger partial charge in [0.2, 0.25) is 0 Å². The highest BCUT2D eigenvalue weighted by molar-refractivity contribution is 4.86. The highest BCUT2D eigenvalue weighted by atomic mass is 16.5. The summed E-state index contributed by atoms with van der Waals surface area (Å²) >= 11 is 0. The third kappa shape index (κ3) is 3.14. The largest absolute Gasteiger partial charge is 0.383 e. The van der Waals surface area contributed by atoms with Crippen molar-refractivity contribution in [3.8, 4) is 0 Å². The first-order valence-corrected chi connectivity index (χ1v) is 4.59. The molecule has 0 aliphatic heterocycles. The third-order valence-corrected chi connectivity index (χ3v) is 1.82. The van der Waals surface area contributed by atoms with Crippen molar-refractivity contribution in [2.45, 2.75) is 26.8 Å². The monoisotopic (exact) mass is 183 g/mol. The lowest BCUT2D eigenvalue weighted by atomic mass is 10.1. The molecule has 0 N–H and O–H groups in total. The molecule has 0 unspecified atom stereocenters. The Morgan fingerprint density at radius 1 is 1.54 bits per heavy atom. The number of methoxy groups -OCH3 is 1. The van der Waals surface area contributed by atoms with Gasteiger partial charge in [-0.2, -0.15) is 0 Å². The Morgan fingerprint density at radius 2 is 2.31 bits per heavy atom. The highest BCUT2D eigenvalue weighted by Gasteiger charge is 2.05. The molecule has 0 aliphatic rings. The average molecular weight is 183 g/mol. The molecule has 1 aromatic heterocycles. The lowest BCUT2D eigenvalue weighted by molar-refractivity contribution is 0.186. The maximum atomic E-state index is 5.00. The maximum absolute atomic E-state index is 5.00. The smallest absolute Gasteiger partial charge is 0.133 e. The molecule has 0 saturated carbocycles. The third-order valence-electron chi connectivity index (χ3n) is 1.82. The Bertz CT molecular complexity index is 245. The summed E-state index contributed by atoms with van der Waals surface area (Å²) < 4.78 is 7.04. The van der Waals surface area contributed by atoms with Gasteiger partial charge in [-0.1, -0.05) is 13.8 Å². The van der Waals surface area contributed by atoms with E-state index >= 15 is 0 Å². The topological polar surface area (TPSA) is 39.9 Å². The van der Waals surface area contributed by atoms with Crippen LogP contribution >= 0.6 is 0 Å². The number of aromatic nitrogens is 3. The van der Waals surface area contributed by atoms with Gasteiger partial charge in [0.25, 0.3) is 0 Å². The molecule has 13 heavy (non-hydrogen) atoms. The average Bonchev–Trinajstić information content (AvgIpc) is 2.48. The number of ether oxygens (including phenoxy) is 1. The summed E-state index contributed by atoms with van der Waals surface area (Å²) in [5.74, 6) is 1.66. The first-order chi connectivity index (χ1) is 6.24. The molecule has 0 saturated heterocycles. The number of nitrogens with zero attached hydrogens (tertiary/aromatic N) is 3. The normalized spacial score (nSPS) is 11.1. The summed E-state index contributed by atoms with van der Waals surface area (Å²) in [6.07, 6.45) is 2.74. The fourth-order valence-corrected chi connectivity index (χ4v) is 1.18. The molecule has 74 valence electrons. The van der Waals surface area contributed by atoms with E-state index in [9.17, 15) is 0 Å². The minimum Gasteiger partial charge on any atom is -0.383 e. The lowest BCUT2D eigenvalue weighted by Crippen LogP contribution is -2.09. The summed E-state index contributed by atoms with van der Waals surface area (Å²) in [6, 6.07) is 0. The molecule has 1 heterocycles. The standard InChI is InChI=1S/C9H17N3O/c1-8(2)6-9-11-10-7-12(9)4-5-13-3/h7-8H,4-6H2,1-3H3. The van der Waals surface area contributed by atoms with E-state index in [1.165, 1.54) is 0 Å². The summed E-state index contributed by atoms with van der Waals surface area (Å²) in [7, 11) is 1.70. The van der Waals surface area contributed by atoms with Crippen LogP contribution in [0.5, 0.6) is 0 Å². The second-order valence-electron chi connectivity index (χ2n) is 3.53. The summed E-state index contributed by atoms with van der Waals surface area (Å²) in [5, 5.41) is 7.95. The van der Waals surface area contributed by atoms with E-state index in [-0.39, 0.29) is 0 Å². The first kappa shape index (κ1) is 10.2. The van der Waals surface area contributed by atoms with Crippen LogP contribution in [0.4, 0.5) is 0 Å². The Kier molecular flexibility index (Phi) is 3.89. The van der Waals surface area contributed by atoms with Gasteiger partial charge in [0.05, 0.1) is 6.61 Å². The Labute approximate surface area is 78.9 Å². The van der Waals surface area contributed by atoms with Crippen molar-refractivity contribution in [2.24, 2.45) is 5.92 Å². The molecule has 1 aromatic rings. The lowest BCUT2D eigenvalue weighted by Gasteiger charge is -2.07. The Hall–Kier alpha value is -0.900. The van der Waals surface area contributed by atoms with E-state index in [0.29, 0.717) is 12.5 Å². The molecular formula is C9H17N3O. The van der Waals surface area contributed by atoms with Crippen molar-refractivity contribution in [3.63, 3.8) is 0 Å². The van der Waals surface area contributed by atoms with Crippen LogP contribution in [0.15, 0.2) is 6.33 Å². The molecule has 0 aromatic carbocycles. The van der Waals surface area contributed by atoms with Gasteiger partial charge in [-0.15, -0.1) is 10.2 Å². The number of hydrogen-bond acceptors (Lipinski definition) is 3. The van der Waals surface area contributed by atoms with E-state index < -0.39 is 0 Å². The molecule has 0 radical (unpaired) electrons. The van der Waals surface area contributed by atoms with Gasteiger partial charge >= 0.3 is 0 Å². The van der Waals surface area contributed by atoms with Gasteiger partial charge < -0.3 is 9.30 Å². The molecule has 0 aliphatic carbocycles. The predicted molar refractivity (Wildman–Crippen MR) is 50.4 cm³/mol. The van der Waals surface area contributed by atoms with Crippen molar-refractivity contribution in [2.75, 3.05) is 13.7 Å². The van der Waals surface area contributed by atoms with Gasteiger partial charge in [0, 0.05) is 20.1 Å². The number of hydrogen-bond donors (Lipinski definition) is 0. The molecule has 0 bridgehead atoms. The summed E-state index contributed by atoms with van der Waals surface area (Å²) in [4.78, 5) is 0. The van der Waals surface area contributed by atoms with Crippen molar-refractivity contribution in [1.29, 1.82) is 0 Å². The number of rotatable bonds is 5. The second kappa shape index (κ2) is 4.97. The van der Waals surface area contributed by atoms with E-state index in [2.05, 4.69) is 24.0 Å². The Balaban J connectivity index is 2.55. The van der Waals surface area contributed by atoms with Crippen LogP contribution in [0.25, 0.3) is 0 Å². The van der Waals surface area contributed by atoms with E-state index in [1.807, 2.05) is 4.57 Å². The van der Waals surface area contributed by atoms with Crippen LogP contribution in [0.2, 0.25) is 0 Å². The Morgan fingerprint density at radius 3 is 2.92 bits per heavy atom. The first-order valence-electron chi connectivity index (χ1n) is 4.59. The molecule has 0 amide bonds. The van der Waals surface area contributed by atoms with Crippen LogP contribution in [-0.2, 0) is 17.7 Å². The fourth-order valence-electron chi connectivity index (χ4n) is 1.18. The predicted octanol–water partition coefficient (Wildman–Crippen LogP) is 1.12. The molecule has 1 rings (SSSR count). The van der Waals surface area contributed by atoms with Crippen molar-refractivity contribution < 1.29 is 4.74 Å². The summed E-state index contributed by atoms with van der Waals surface area (Å²) in [5.41, 5.74) is 0. The maximum Gasteiger partial charge on any atom is 0.133 e. The van der Waals surface area contributed by atoms with Crippen LogP contribution in [0, 0.1) is 5.92 Å². The van der Waals surface area contributed by atoms with Gasteiger partial charge in [-0.05, 0) is 5.92 Å². The van der Waals surface area contributed by atoms with Crippen molar-refractivity contribution >= 4 is 0 Å². The van der Waals surface area contributed by atoms with Crippen molar-refractivity contribution in [3.05, 3.63) is 12.2 Å². The minimum absolute atomic E-state index is 0.616. The SMILES string of the molecule is COCCn1cnnc1CC(C)C. The minimum atomic E-state index is 0.616. The molecule has 4 heteroatoms. The molecule has 0 spiro atoms. The summed E-state index contributed by atoms with van der Waals surface area (Å²) in [6.45, 7) is 5.90. The fraction of sp³-hybridized carbons (Fsp3) is 0.778. The zero-order chi connectivity index (χ0) is 9.68. The second-order valence-corrected chi connectivity index (χ2v) is 3.53. The highest BCUT2D eigenvalue weighted by Crippen LogP contribution is 2.04. The van der Waals surface area contributed by atoms with E-state index in [1.54, 1.807) is 13.4 Å². The van der Waals surface area contributed by atoms with Gasteiger partial charge in [0.1, 0.15) is 12.2 Å². The zero-order valence-corrected chi connectivity index (χ0v) is 8.53. The molecular weight excluding hydrogens is 166 g/mol. The van der Waals surface area contributed by atoms with Crippen LogP contribution < -0.4 is 0 Å². The van der Waals surface area contributed by atoms with Gasteiger partial charge in [-0.3, -0.25) is 0 Å². The molecule has 0 fully saturated rings. The van der Waals surface area contributed by atoms with Crippen molar-refractivity contribution in [1.82, 2.24) is 14.8 Å². The van der Waals surface area contributed by atoms with Gasteiger partial charge in [0.15, 0.2) is 0 Å².